The van der Waals surface area contributed by atoms with Gasteiger partial charge < -0.3 is 20.4 Å². The second-order valence-corrected chi connectivity index (χ2v) is 11.4. The molecular weight excluding hydrogens is 478 g/mol. The van der Waals surface area contributed by atoms with Crippen LogP contribution in [0.5, 0.6) is 0 Å². The fraction of sp³-hybridized carbons (Fsp3) is 0.333. The Kier molecular flexibility index (Phi) is 5.42. The second kappa shape index (κ2) is 8.59. The van der Waals surface area contributed by atoms with Gasteiger partial charge in [-0.25, -0.2) is 0 Å². The number of oxazole rings is 1. The zero-order valence-electron chi connectivity index (χ0n) is 21.6. The fourth-order valence-electron chi connectivity index (χ4n) is 6.02. The Morgan fingerprint density at radius 2 is 1.89 bits per heavy atom. The predicted octanol–water partition coefficient (Wildman–Crippen LogP) is 3.82. The van der Waals surface area contributed by atoms with E-state index in [0.29, 0.717) is 12.1 Å². The van der Waals surface area contributed by atoms with Crippen LogP contribution in [0.4, 0.5) is 5.69 Å². The highest BCUT2D eigenvalue weighted by atomic mass is 16.3. The number of benzene rings is 2. The second-order valence-electron chi connectivity index (χ2n) is 11.4. The Bertz CT molecular complexity index is 1540. The van der Waals surface area contributed by atoms with Crippen molar-refractivity contribution < 1.29 is 14.0 Å². The van der Waals surface area contributed by atoms with Crippen molar-refractivity contribution in [2.75, 3.05) is 5.32 Å². The molecule has 3 heterocycles. The van der Waals surface area contributed by atoms with E-state index in [0.717, 1.165) is 28.8 Å². The summed E-state index contributed by atoms with van der Waals surface area (Å²) in [6.45, 7) is 5.74. The molecule has 1 aromatic heterocycles. The number of aromatic nitrogens is 1. The molecule has 3 aromatic rings. The van der Waals surface area contributed by atoms with Crippen LogP contribution in [-0.4, -0.2) is 28.9 Å². The summed E-state index contributed by atoms with van der Waals surface area (Å²) in [5, 5.41) is 19.1. The summed E-state index contributed by atoms with van der Waals surface area (Å²) in [6.07, 6.45) is 4.94. The third kappa shape index (κ3) is 3.77. The first-order valence-electron chi connectivity index (χ1n) is 12.9. The Morgan fingerprint density at radius 3 is 2.66 bits per heavy atom. The normalized spacial score (nSPS) is 25.7. The van der Waals surface area contributed by atoms with Crippen molar-refractivity contribution in [3.8, 4) is 6.07 Å². The number of carbonyl (C=O) groups is 2. The maximum Gasteiger partial charge on any atom is 0.247 e. The first-order valence-corrected chi connectivity index (χ1v) is 12.9. The average molecular weight is 508 g/mol. The van der Waals surface area contributed by atoms with Gasteiger partial charge >= 0.3 is 0 Å². The van der Waals surface area contributed by atoms with Gasteiger partial charge in [0.2, 0.25) is 17.7 Å². The highest BCUT2D eigenvalue weighted by Gasteiger charge is 2.52. The Hall–Kier alpha value is -4.38. The van der Waals surface area contributed by atoms with Crippen LogP contribution in [0.3, 0.4) is 0 Å². The predicted molar refractivity (Wildman–Crippen MR) is 142 cm³/mol. The largest absolute Gasteiger partial charge is 0.442 e. The lowest BCUT2D eigenvalue weighted by Crippen LogP contribution is -2.53. The van der Waals surface area contributed by atoms with E-state index in [4.69, 9.17) is 4.42 Å². The summed E-state index contributed by atoms with van der Waals surface area (Å²) in [5.41, 5.74) is 4.84. The molecule has 2 bridgehead atoms. The zero-order chi connectivity index (χ0) is 26.7. The lowest BCUT2D eigenvalue weighted by Gasteiger charge is -2.31. The van der Waals surface area contributed by atoms with E-state index in [2.05, 4.69) is 51.3 Å². The molecule has 6 rings (SSSR count). The number of para-hydroxylation sites is 1. The number of carbonyl (C=O) groups excluding carboxylic acids is 2. The Labute approximate surface area is 221 Å². The highest BCUT2D eigenvalue weighted by molar-refractivity contribution is 5.94. The molecule has 3 atom stereocenters. The van der Waals surface area contributed by atoms with Crippen molar-refractivity contribution in [3.63, 3.8) is 0 Å². The minimum absolute atomic E-state index is 0.00532. The molecule has 2 aliphatic heterocycles. The van der Waals surface area contributed by atoms with E-state index in [9.17, 15) is 14.9 Å². The van der Waals surface area contributed by atoms with Crippen LogP contribution < -0.4 is 16.0 Å². The lowest BCUT2D eigenvalue weighted by atomic mass is 9.73. The molecule has 8 heteroatoms. The van der Waals surface area contributed by atoms with Crippen molar-refractivity contribution in [1.29, 1.82) is 5.26 Å². The molecule has 38 heavy (non-hydrogen) atoms. The van der Waals surface area contributed by atoms with E-state index < -0.39 is 16.9 Å². The van der Waals surface area contributed by atoms with E-state index in [1.807, 2.05) is 45.0 Å². The van der Waals surface area contributed by atoms with E-state index in [-0.39, 0.29) is 35.9 Å². The summed E-state index contributed by atoms with van der Waals surface area (Å²) in [4.78, 5) is 31.1. The van der Waals surface area contributed by atoms with Crippen molar-refractivity contribution in [1.82, 2.24) is 15.6 Å². The van der Waals surface area contributed by atoms with Gasteiger partial charge in [-0.05, 0) is 52.7 Å². The molecule has 0 radical (unpaired) electrons. The minimum atomic E-state index is -0.797. The van der Waals surface area contributed by atoms with Gasteiger partial charge in [0.1, 0.15) is 24.1 Å². The van der Waals surface area contributed by atoms with Crippen LogP contribution in [0.1, 0.15) is 61.0 Å². The van der Waals surface area contributed by atoms with Crippen LogP contribution in [0.2, 0.25) is 0 Å². The maximum absolute atomic E-state index is 13.8. The van der Waals surface area contributed by atoms with E-state index >= 15 is 0 Å². The molecule has 3 aliphatic rings. The van der Waals surface area contributed by atoms with Crippen LogP contribution in [0.15, 0.2) is 59.2 Å². The van der Waals surface area contributed by atoms with Gasteiger partial charge in [-0.2, -0.15) is 10.2 Å². The van der Waals surface area contributed by atoms with Crippen LogP contribution in [-0.2, 0) is 27.8 Å². The van der Waals surface area contributed by atoms with Gasteiger partial charge in [0.25, 0.3) is 0 Å². The quantitative estimate of drug-likeness (QED) is 0.461. The molecule has 1 aliphatic carbocycles. The molecule has 192 valence electrons. The summed E-state index contributed by atoms with van der Waals surface area (Å²) in [7, 11) is 0. The maximum atomic E-state index is 13.8. The highest BCUT2D eigenvalue weighted by Crippen LogP contribution is 2.54. The average Bonchev–Trinajstić information content (AvgIpc) is 3.56. The number of hydrogen-bond acceptors (Lipinski definition) is 6. The molecule has 3 N–H and O–H groups in total. The number of rotatable bonds is 1. The van der Waals surface area contributed by atoms with Gasteiger partial charge in [0.15, 0.2) is 5.69 Å². The van der Waals surface area contributed by atoms with Crippen molar-refractivity contribution >= 4 is 23.2 Å². The number of anilines is 1. The van der Waals surface area contributed by atoms with Crippen molar-refractivity contribution in [2.45, 2.75) is 57.5 Å². The number of fused-ring (bicyclic) bond motifs is 2. The Balaban J connectivity index is 1.62. The van der Waals surface area contributed by atoms with Gasteiger partial charge in [0.05, 0.1) is 5.41 Å². The summed E-state index contributed by atoms with van der Waals surface area (Å²) in [5.74, 6) is -0.412. The molecule has 8 nitrogen and oxygen atoms in total. The standard InChI is InChI=1S/C30H29N5O3/c1-29(2,3)26-27(37)34-23(28-32-19(15-31)16-38-28)14-30-20-6-4-5-7-22(20)33-24(30)13-18-10-8-17(12-21(18)30)9-11-25(36)35-26/h4-8,10,12,14,16,24,26,33H,9,11,13H2,1-3H3,(H,34,37)(H,35,36)/b23-14+. The molecule has 0 saturated heterocycles. The van der Waals surface area contributed by atoms with E-state index in [1.165, 1.54) is 11.8 Å². The third-order valence-electron chi connectivity index (χ3n) is 7.85. The monoisotopic (exact) mass is 507 g/mol. The molecule has 3 unspecified atom stereocenters. The van der Waals surface area contributed by atoms with Crippen molar-refractivity contribution in [2.24, 2.45) is 5.41 Å². The molecule has 0 saturated carbocycles. The first-order chi connectivity index (χ1) is 18.2. The number of nitrogens with one attached hydrogen (secondary N) is 3. The van der Waals surface area contributed by atoms with Gasteiger partial charge in [-0.15, -0.1) is 0 Å². The Morgan fingerprint density at radius 1 is 1.08 bits per heavy atom. The summed E-state index contributed by atoms with van der Waals surface area (Å²) in [6, 6.07) is 15.8. The van der Waals surface area contributed by atoms with Gasteiger partial charge in [0, 0.05) is 18.2 Å². The topological polar surface area (TPSA) is 120 Å². The summed E-state index contributed by atoms with van der Waals surface area (Å²) >= 11 is 0. The molecular formula is C30H29N5O3. The first kappa shape index (κ1) is 24.0. The van der Waals surface area contributed by atoms with E-state index in [1.54, 1.807) is 0 Å². The number of hydrogen-bond donors (Lipinski definition) is 3. The molecule has 2 amide bonds. The van der Waals surface area contributed by atoms with Crippen LogP contribution in [0, 0.1) is 16.7 Å². The third-order valence-corrected chi connectivity index (χ3v) is 7.85. The number of aryl methyl sites for hydroxylation is 1. The lowest BCUT2D eigenvalue weighted by molar-refractivity contribution is -0.130. The summed E-state index contributed by atoms with van der Waals surface area (Å²) < 4.78 is 5.71. The number of nitriles is 1. The van der Waals surface area contributed by atoms with Crippen molar-refractivity contribution in [3.05, 3.63) is 88.6 Å². The minimum Gasteiger partial charge on any atom is -0.442 e. The number of nitrogens with zero attached hydrogens (tertiary/aromatic N) is 2. The SMILES string of the molecule is CC(C)(C)C1NC(=O)CCc2ccc3c(c2)C2(/C=C(\c4nc(C#N)co4)NC1=O)c1ccccc1NC2C3. The fourth-order valence-corrected chi connectivity index (χ4v) is 6.02. The number of amides is 2. The van der Waals surface area contributed by atoms with Gasteiger partial charge in [-0.1, -0.05) is 57.2 Å². The molecule has 2 aromatic carbocycles. The van der Waals surface area contributed by atoms with Crippen LogP contribution in [0.25, 0.3) is 5.70 Å². The zero-order valence-corrected chi connectivity index (χ0v) is 21.6. The van der Waals surface area contributed by atoms with Crippen LogP contribution >= 0.6 is 0 Å². The molecule has 1 spiro atoms. The van der Waals surface area contributed by atoms with Gasteiger partial charge in [-0.3, -0.25) is 9.59 Å². The molecule has 0 fully saturated rings. The smallest absolute Gasteiger partial charge is 0.247 e.